The van der Waals surface area contributed by atoms with Crippen molar-refractivity contribution in [3.05, 3.63) is 0 Å². The lowest BCUT2D eigenvalue weighted by Crippen LogP contribution is -2.48. The second-order valence-corrected chi connectivity index (χ2v) is 4.16. The lowest BCUT2D eigenvalue weighted by atomic mass is 9.98. The monoisotopic (exact) mass is 228 g/mol. The van der Waals surface area contributed by atoms with Crippen molar-refractivity contribution in [2.24, 2.45) is 11.7 Å². The predicted molar refractivity (Wildman–Crippen MR) is 59.6 cm³/mol. The minimum atomic E-state index is -0.499. The molecule has 0 radical (unpaired) electrons. The number of rotatable bonds is 3. The Morgan fingerprint density at radius 3 is 2.81 bits per heavy atom. The molecule has 0 aromatic heterocycles. The van der Waals surface area contributed by atoms with Gasteiger partial charge in [0.05, 0.1) is 18.6 Å². The Labute approximate surface area is 95.9 Å². The molecule has 5 nitrogen and oxygen atoms in total. The van der Waals surface area contributed by atoms with Gasteiger partial charge in [-0.3, -0.25) is 9.59 Å². The zero-order chi connectivity index (χ0) is 12.1. The van der Waals surface area contributed by atoms with Crippen molar-refractivity contribution in [1.82, 2.24) is 4.90 Å². The van der Waals surface area contributed by atoms with E-state index in [9.17, 15) is 9.59 Å². The predicted octanol–water partition coefficient (Wildman–Crippen LogP) is 0.135. The number of ether oxygens (including phenoxy) is 1. The molecule has 2 unspecified atom stereocenters. The Morgan fingerprint density at radius 2 is 2.25 bits per heavy atom. The summed E-state index contributed by atoms with van der Waals surface area (Å²) in [5, 5.41) is 0. The molecule has 2 atom stereocenters. The molecule has 0 aliphatic carbocycles. The molecular weight excluding hydrogens is 208 g/mol. The molecule has 0 bridgehead atoms. The van der Waals surface area contributed by atoms with Gasteiger partial charge in [-0.05, 0) is 26.7 Å². The highest BCUT2D eigenvalue weighted by Crippen LogP contribution is 2.18. The zero-order valence-corrected chi connectivity index (χ0v) is 9.94. The average molecular weight is 228 g/mol. The van der Waals surface area contributed by atoms with E-state index < -0.39 is 6.04 Å². The van der Waals surface area contributed by atoms with Crippen molar-refractivity contribution in [2.75, 3.05) is 19.7 Å². The van der Waals surface area contributed by atoms with Gasteiger partial charge in [0.15, 0.2) is 0 Å². The maximum absolute atomic E-state index is 11.7. The van der Waals surface area contributed by atoms with Crippen LogP contribution in [0.5, 0.6) is 0 Å². The van der Waals surface area contributed by atoms with Crippen LogP contribution < -0.4 is 5.73 Å². The highest BCUT2D eigenvalue weighted by molar-refractivity contribution is 5.82. The first-order chi connectivity index (χ1) is 7.56. The fraction of sp³-hybridized carbons (Fsp3) is 0.818. The zero-order valence-electron chi connectivity index (χ0n) is 9.94. The van der Waals surface area contributed by atoms with Crippen LogP contribution in [-0.2, 0) is 14.3 Å². The standard InChI is InChI=1S/C11H20N2O3/c1-3-16-11(15)9-5-4-6-13(7-9)10(14)8(2)12/h8-9H,3-7,12H2,1-2H3. The quantitative estimate of drug-likeness (QED) is 0.697. The topological polar surface area (TPSA) is 72.6 Å². The van der Waals surface area contributed by atoms with Crippen LogP contribution in [0.3, 0.4) is 0 Å². The van der Waals surface area contributed by atoms with Gasteiger partial charge in [-0.25, -0.2) is 0 Å². The first kappa shape index (κ1) is 13.0. The third kappa shape index (κ3) is 3.20. The lowest BCUT2D eigenvalue weighted by molar-refractivity contribution is -0.151. The van der Waals surface area contributed by atoms with Crippen molar-refractivity contribution in [2.45, 2.75) is 32.7 Å². The summed E-state index contributed by atoms with van der Waals surface area (Å²) in [6, 6.07) is -0.499. The molecule has 0 aromatic rings. The molecule has 1 aliphatic rings. The van der Waals surface area contributed by atoms with Gasteiger partial charge in [0.2, 0.25) is 5.91 Å². The molecule has 1 saturated heterocycles. The Hall–Kier alpha value is -1.10. The molecular formula is C11H20N2O3. The van der Waals surface area contributed by atoms with E-state index in [-0.39, 0.29) is 17.8 Å². The number of hydrogen-bond acceptors (Lipinski definition) is 4. The summed E-state index contributed by atoms with van der Waals surface area (Å²) in [5.41, 5.74) is 5.54. The normalized spacial score (nSPS) is 22.7. The van der Waals surface area contributed by atoms with E-state index in [0.717, 1.165) is 12.8 Å². The molecule has 1 heterocycles. The fourth-order valence-corrected chi connectivity index (χ4v) is 1.92. The third-order valence-electron chi connectivity index (χ3n) is 2.74. The minimum absolute atomic E-state index is 0.0889. The van der Waals surface area contributed by atoms with Gasteiger partial charge in [-0.15, -0.1) is 0 Å². The highest BCUT2D eigenvalue weighted by atomic mass is 16.5. The molecule has 1 aliphatic heterocycles. The second-order valence-electron chi connectivity index (χ2n) is 4.16. The molecule has 2 N–H and O–H groups in total. The van der Waals surface area contributed by atoms with Crippen LogP contribution in [0.25, 0.3) is 0 Å². The summed E-state index contributed by atoms with van der Waals surface area (Å²) >= 11 is 0. The van der Waals surface area contributed by atoms with E-state index in [1.54, 1.807) is 18.7 Å². The van der Waals surface area contributed by atoms with E-state index in [1.165, 1.54) is 0 Å². The van der Waals surface area contributed by atoms with Crippen LogP contribution in [0.2, 0.25) is 0 Å². The van der Waals surface area contributed by atoms with Gasteiger partial charge in [0.1, 0.15) is 0 Å². The van der Waals surface area contributed by atoms with Gasteiger partial charge in [0, 0.05) is 13.1 Å². The van der Waals surface area contributed by atoms with E-state index in [4.69, 9.17) is 10.5 Å². The number of nitrogens with two attached hydrogens (primary N) is 1. The van der Waals surface area contributed by atoms with Crippen LogP contribution in [0.4, 0.5) is 0 Å². The van der Waals surface area contributed by atoms with Crippen LogP contribution in [0.15, 0.2) is 0 Å². The van der Waals surface area contributed by atoms with Crippen LogP contribution in [0, 0.1) is 5.92 Å². The highest BCUT2D eigenvalue weighted by Gasteiger charge is 2.30. The Balaban J connectivity index is 2.53. The summed E-state index contributed by atoms with van der Waals surface area (Å²) in [7, 11) is 0. The van der Waals surface area contributed by atoms with Crippen molar-refractivity contribution >= 4 is 11.9 Å². The summed E-state index contributed by atoms with van der Waals surface area (Å²) in [6.07, 6.45) is 1.63. The van der Waals surface area contributed by atoms with Gasteiger partial charge in [-0.1, -0.05) is 0 Å². The van der Waals surface area contributed by atoms with Gasteiger partial charge >= 0.3 is 5.97 Å². The smallest absolute Gasteiger partial charge is 0.310 e. The van der Waals surface area contributed by atoms with Crippen molar-refractivity contribution in [3.8, 4) is 0 Å². The van der Waals surface area contributed by atoms with Crippen molar-refractivity contribution < 1.29 is 14.3 Å². The molecule has 5 heteroatoms. The van der Waals surface area contributed by atoms with Gasteiger partial charge in [0.25, 0.3) is 0 Å². The lowest BCUT2D eigenvalue weighted by Gasteiger charge is -2.32. The second kappa shape index (κ2) is 5.84. The van der Waals surface area contributed by atoms with Crippen LogP contribution in [-0.4, -0.2) is 42.5 Å². The molecule has 0 aromatic carbocycles. The Morgan fingerprint density at radius 1 is 1.56 bits per heavy atom. The molecule has 1 rings (SSSR count). The SMILES string of the molecule is CCOC(=O)C1CCCN(C(=O)C(C)N)C1. The Bertz CT molecular complexity index is 266. The molecule has 0 spiro atoms. The van der Waals surface area contributed by atoms with E-state index >= 15 is 0 Å². The summed E-state index contributed by atoms with van der Waals surface area (Å²) in [4.78, 5) is 24.9. The molecule has 0 saturated carbocycles. The molecule has 16 heavy (non-hydrogen) atoms. The van der Waals surface area contributed by atoms with Crippen molar-refractivity contribution in [1.29, 1.82) is 0 Å². The third-order valence-corrected chi connectivity index (χ3v) is 2.74. The van der Waals surface area contributed by atoms with Crippen LogP contribution in [0.1, 0.15) is 26.7 Å². The molecule has 92 valence electrons. The summed E-state index contributed by atoms with van der Waals surface area (Å²) < 4.78 is 4.96. The summed E-state index contributed by atoms with van der Waals surface area (Å²) in [5.74, 6) is -0.477. The number of esters is 1. The number of carbonyl (C=O) groups is 2. The molecule has 1 amide bonds. The number of nitrogens with zero attached hydrogens (tertiary/aromatic N) is 1. The largest absolute Gasteiger partial charge is 0.466 e. The van der Waals surface area contributed by atoms with Crippen LogP contribution >= 0.6 is 0 Å². The van der Waals surface area contributed by atoms with Gasteiger partial charge < -0.3 is 15.4 Å². The van der Waals surface area contributed by atoms with E-state index in [2.05, 4.69) is 0 Å². The van der Waals surface area contributed by atoms with Crippen molar-refractivity contribution in [3.63, 3.8) is 0 Å². The molecule has 1 fully saturated rings. The first-order valence-corrected chi connectivity index (χ1v) is 5.77. The number of piperidine rings is 1. The van der Waals surface area contributed by atoms with E-state index in [1.807, 2.05) is 0 Å². The average Bonchev–Trinajstić information content (AvgIpc) is 2.28. The first-order valence-electron chi connectivity index (χ1n) is 5.77. The minimum Gasteiger partial charge on any atom is -0.466 e. The number of carbonyl (C=O) groups excluding carboxylic acids is 2. The number of hydrogen-bond donors (Lipinski definition) is 1. The maximum Gasteiger partial charge on any atom is 0.310 e. The summed E-state index contributed by atoms with van der Waals surface area (Å²) in [6.45, 7) is 4.97. The Kier molecular flexibility index (Phi) is 4.73. The number of amides is 1. The van der Waals surface area contributed by atoms with Gasteiger partial charge in [-0.2, -0.15) is 0 Å². The maximum atomic E-state index is 11.7. The fourth-order valence-electron chi connectivity index (χ4n) is 1.92. The number of likely N-dealkylation sites (tertiary alicyclic amines) is 1. The van der Waals surface area contributed by atoms with E-state index in [0.29, 0.717) is 19.7 Å².